The van der Waals surface area contributed by atoms with Crippen molar-refractivity contribution in [3.8, 4) is 0 Å². The van der Waals surface area contributed by atoms with Crippen molar-refractivity contribution >= 4 is 83.1 Å². The third-order valence-electron chi connectivity index (χ3n) is 2.48. The number of benzene rings is 2. The topological polar surface area (TPSA) is 0 Å². The zero-order valence-corrected chi connectivity index (χ0v) is 14.2. The number of fused-ring (bicyclic) bond motifs is 1. The summed E-state index contributed by atoms with van der Waals surface area (Å²) in [5, 5.41) is 2.79. The van der Waals surface area contributed by atoms with Crippen LogP contribution in [0.15, 0.2) is 42.5 Å². The van der Waals surface area contributed by atoms with Crippen molar-refractivity contribution < 1.29 is 0 Å². The molecule has 0 aliphatic carbocycles. The highest BCUT2D eigenvalue weighted by Gasteiger charge is 2.55. The van der Waals surface area contributed by atoms with E-state index in [0.29, 0.717) is 0 Å². The Balaban J connectivity index is 2.72. The van der Waals surface area contributed by atoms with Crippen LogP contribution in [0.25, 0.3) is 10.8 Å². The zero-order chi connectivity index (χ0) is 12.7. The molecule has 0 aromatic heterocycles. The van der Waals surface area contributed by atoms with Gasteiger partial charge in [0.15, 0.2) is 0 Å². The SMILES string of the molecule is Cl[Si](Cl)(Cl)[Si](Cl)(Cl)c1cccc2ccccc12. The van der Waals surface area contributed by atoms with Gasteiger partial charge in [0.25, 0.3) is 0 Å². The molecule has 0 aliphatic rings. The maximum atomic E-state index is 6.39. The summed E-state index contributed by atoms with van der Waals surface area (Å²) >= 11 is 30.9. The van der Waals surface area contributed by atoms with Crippen LogP contribution in [0.5, 0.6) is 0 Å². The van der Waals surface area contributed by atoms with Crippen LogP contribution in [0.1, 0.15) is 0 Å². The lowest BCUT2D eigenvalue weighted by Gasteiger charge is -2.24. The highest BCUT2D eigenvalue weighted by atomic mass is 35.9. The zero-order valence-electron chi connectivity index (χ0n) is 8.43. The predicted molar refractivity (Wildman–Crippen MR) is 84.4 cm³/mol. The first-order chi connectivity index (χ1) is 7.84. The van der Waals surface area contributed by atoms with Crippen molar-refractivity contribution in [3.63, 3.8) is 0 Å². The lowest BCUT2D eigenvalue weighted by atomic mass is 10.1. The van der Waals surface area contributed by atoms with E-state index in [9.17, 15) is 0 Å². The van der Waals surface area contributed by atoms with Crippen LogP contribution in [0, 0.1) is 0 Å². The van der Waals surface area contributed by atoms with Crippen LogP contribution < -0.4 is 5.19 Å². The fourth-order valence-corrected chi connectivity index (χ4v) is 8.14. The molecule has 2 rings (SSSR count). The largest absolute Gasteiger partial charge is 0.363 e. The van der Waals surface area contributed by atoms with Crippen molar-refractivity contribution in [2.45, 2.75) is 0 Å². The van der Waals surface area contributed by atoms with E-state index in [1.54, 1.807) is 0 Å². The molecule has 0 saturated carbocycles. The van der Waals surface area contributed by atoms with Gasteiger partial charge in [0.1, 0.15) is 0 Å². The Bertz CT molecular complexity index is 544. The van der Waals surface area contributed by atoms with Crippen molar-refractivity contribution in [1.82, 2.24) is 0 Å². The fraction of sp³-hybridized carbons (Fsp3) is 0. The average molecular weight is 361 g/mol. The summed E-state index contributed by atoms with van der Waals surface area (Å²) in [6.07, 6.45) is -3.07. The highest BCUT2D eigenvalue weighted by molar-refractivity contribution is 8.04. The van der Waals surface area contributed by atoms with E-state index >= 15 is 0 Å². The smallest absolute Gasteiger partial charge is 0.139 e. The van der Waals surface area contributed by atoms with E-state index in [1.807, 2.05) is 42.5 Å². The second-order valence-electron chi connectivity index (χ2n) is 3.60. The van der Waals surface area contributed by atoms with Crippen LogP contribution in [0.4, 0.5) is 0 Å². The Morgan fingerprint density at radius 3 is 1.94 bits per heavy atom. The Labute approximate surface area is 125 Å². The van der Waals surface area contributed by atoms with Crippen LogP contribution in [0.3, 0.4) is 0 Å². The molecule has 7 heteroatoms. The van der Waals surface area contributed by atoms with E-state index < -0.39 is 11.7 Å². The summed E-state index contributed by atoms with van der Waals surface area (Å²) in [6.45, 7) is 0. The molecule has 0 amide bonds. The Morgan fingerprint density at radius 2 is 1.29 bits per heavy atom. The minimum Gasteiger partial charge on any atom is -0.139 e. The average Bonchev–Trinajstić information content (AvgIpc) is 2.26. The van der Waals surface area contributed by atoms with Crippen LogP contribution in [-0.2, 0) is 0 Å². The third kappa shape index (κ3) is 2.64. The minimum atomic E-state index is -3.16. The van der Waals surface area contributed by atoms with Gasteiger partial charge < -0.3 is 0 Å². The molecule has 0 aliphatic heterocycles. The summed E-state index contributed by atoms with van der Waals surface area (Å²) in [4.78, 5) is 0. The molecule has 0 bridgehead atoms. The highest BCUT2D eigenvalue weighted by Crippen LogP contribution is 2.38. The van der Waals surface area contributed by atoms with E-state index in [-0.39, 0.29) is 0 Å². The normalized spacial score (nSPS) is 13.0. The number of hydrogen-bond acceptors (Lipinski definition) is 0. The van der Waals surface area contributed by atoms with Crippen LogP contribution >= 0.6 is 55.4 Å². The third-order valence-corrected chi connectivity index (χ3v) is 26.5. The number of rotatable bonds is 2. The molecule has 2 aromatic rings. The predicted octanol–water partition coefficient (Wildman–Crippen LogP) is 4.70. The van der Waals surface area contributed by atoms with E-state index in [1.165, 1.54) is 0 Å². The Hall–Kier alpha value is 0.584. The monoisotopic (exact) mass is 358 g/mol. The molecule has 0 radical (unpaired) electrons. The van der Waals surface area contributed by atoms with Crippen molar-refractivity contribution in [3.05, 3.63) is 42.5 Å². The number of hydrogen-bond donors (Lipinski definition) is 0. The first-order valence-corrected chi connectivity index (χ1v) is 14.8. The molecule has 0 spiro atoms. The molecule has 17 heavy (non-hydrogen) atoms. The van der Waals surface area contributed by atoms with Crippen LogP contribution in [-0.4, -0.2) is 11.7 Å². The summed E-state index contributed by atoms with van der Waals surface area (Å²) in [7, 11) is 0. The van der Waals surface area contributed by atoms with Crippen molar-refractivity contribution in [2.75, 3.05) is 0 Å². The molecule has 0 heterocycles. The fourth-order valence-electron chi connectivity index (χ4n) is 1.65. The van der Waals surface area contributed by atoms with E-state index in [4.69, 9.17) is 55.4 Å². The molecule has 0 atom stereocenters. The molecule has 2 aromatic carbocycles. The van der Waals surface area contributed by atoms with Gasteiger partial charge in [-0.25, -0.2) is 0 Å². The molecule has 0 saturated heterocycles. The Morgan fingerprint density at radius 1 is 0.706 bits per heavy atom. The van der Waals surface area contributed by atoms with Gasteiger partial charge in [-0.3, -0.25) is 0 Å². The van der Waals surface area contributed by atoms with Crippen molar-refractivity contribution in [1.29, 1.82) is 0 Å². The molecule has 0 fully saturated rings. The van der Waals surface area contributed by atoms with E-state index in [0.717, 1.165) is 16.0 Å². The van der Waals surface area contributed by atoms with Crippen molar-refractivity contribution in [2.24, 2.45) is 0 Å². The molecular formula is C10H7Cl5Si2. The second-order valence-corrected chi connectivity index (χ2v) is 26.4. The van der Waals surface area contributed by atoms with E-state index in [2.05, 4.69) is 0 Å². The van der Waals surface area contributed by atoms with Gasteiger partial charge >= 0.3 is 11.7 Å². The summed E-state index contributed by atoms with van der Waals surface area (Å²) in [6, 6.07) is 13.5. The second kappa shape index (κ2) is 4.93. The molecule has 90 valence electrons. The van der Waals surface area contributed by atoms with Crippen LogP contribution in [0.2, 0.25) is 0 Å². The maximum Gasteiger partial charge on any atom is 0.363 e. The first kappa shape index (κ1) is 14.0. The maximum absolute atomic E-state index is 6.39. The summed E-state index contributed by atoms with van der Waals surface area (Å²) in [5.74, 6) is 0. The molecular weight excluding hydrogens is 354 g/mol. The molecule has 0 nitrogen and oxygen atoms in total. The standard InChI is InChI=1S/C10H7Cl5Si2/c11-16(12,17(13,14)15)10-7-3-5-8-4-1-2-6-9(8)10/h1-7H. The lowest BCUT2D eigenvalue weighted by molar-refractivity contribution is 1.78. The van der Waals surface area contributed by atoms with Gasteiger partial charge in [0, 0.05) is 0 Å². The van der Waals surface area contributed by atoms with Gasteiger partial charge in [-0.15, -0.1) is 55.4 Å². The van der Waals surface area contributed by atoms with Gasteiger partial charge in [0.05, 0.1) is 0 Å². The van der Waals surface area contributed by atoms with Gasteiger partial charge in [-0.1, -0.05) is 42.5 Å². The Kier molecular flexibility index (Phi) is 4.06. The minimum absolute atomic E-state index is 0.783. The first-order valence-electron chi connectivity index (χ1n) is 4.77. The number of halogens is 5. The molecule has 0 unspecified atom stereocenters. The quantitative estimate of drug-likeness (QED) is 0.538. The lowest BCUT2D eigenvalue weighted by Crippen LogP contribution is -2.53. The summed E-state index contributed by atoms with van der Waals surface area (Å²) < 4.78 is 0. The molecule has 0 N–H and O–H groups in total. The summed E-state index contributed by atoms with van der Waals surface area (Å²) in [5.41, 5.74) is -3.16. The van der Waals surface area contributed by atoms with Gasteiger partial charge in [-0.05, 0) is 16.0 Å². The van der Waals surface area contributed by atoms with Gasteiger partial charge in [0.2, 0.25) is 0 Å². The van der Waals surface area contributed by atoms with Gasteiger partial charge in [-0.2, -0.15) is 0 Å².